The second kappa shape index (κ2) is 9.80. The molecule has 170 valence electrons. The Morgan fingerprint density at radius 1 is 1.06 bits per heavy atom. The first-order chi connectivity index (χ1) is 16.2. The summed E-state index contributed by atoms with van der Waals surface area (Å²) in [5.41, 5.74) is 1.33. The van der Waals surface area contributed by atoms with Crippen LogP contribution in [-0.2, 0) is 11.2 Å². The monoisotopic (exact) mass is 482 g/mol. The first-order valence-corrected chi connectivity index (χ1v) is 12.5. The van der Waals surface area contributed by atoms with Crippen LogP contribution in [0.1, 0.15) is 16.1 Å². The van der Waals surface area contributed by atoms with Crippen molar-refractivity contribution in [2.24, 2.45) is 0 Å². The molecular weight excluding hydrogens is 460 g/mol. The van der Waals surface area contributed by atoms with Gasteiger partial charge in [-0.3, -0.25) is 9.59 Å². The summed E-state index contributed by atoms with van der Waals surface area (Å²) in [4.78, 5) is 38.3. The largest absolute Gasteiger partial charge is 0.454 e. The van der Waals surface area contributed by atoms with Crippen LogP contribution in [-0.4, -0.2) is 65.3 Å². The predicted molar refractivity (Wildman–Crippen MR) is 126 cm³/mol. The summed E-state index contributed by atoms with van der Waals surface area (Å²) in [6.07, 6.45) is 2.06. The van der Waals surface area contributed by atoms with Gasteiger partial charge in [0.25, 0.3) is 0 Å². The van der Waals surface area contributed by atoms with E-state index < -0.39 is 0 Å². The lowest BCUT2D eigenvalue weighted by Gasteiger charge is -2.35. The molecule has 1 amide bonds. The molecule has 1 fully saturated rings. The van der Waals surface area contributed by atoms with Crippen molar-refractivity contribution in [3.63, 3.8) is 0 Å². The number of ketones is 1. The minimum atomic E-state index is -0.00287. The molecule has 0 saturated carbocycles. The van der Waals surface area contributed by atoms with E-state index in [9.17, 15) is 9.59 Å². The second-order valence-electron chi connectivity index (χ2n) is 7.62. The van der Waals surface area contributed by atoms with Crippen LogP contribution in [0.5, 0.6) is 11.5 Å². The van der Waals surface area contributed by atoms with Gasteiger partial charge in [0, 0.05) is 43.3 Å². The van der Waals surface area contributed by atoms with Gasteiger partial charge in [0.2, 0.25) is 12.7 Å². The predicted octanol–water partition coefficient (Wildman–Crippen LogP) is 3.13. The molecule has 4 heterocycles. The molecule has 1 aromatic carbocycles. The number of carbonyl (C=O) groups excluding carboxylic acids is 2. The number of thiazole rings is 1. The first-order valence-electron chi connectivity index (χ1n) is 10.6. The molecule has 0 spiro atoms. The summed E-state index contributed by atoms with van der Waals surface area (Å²) in [5.74, 6) is 2.55. The molecule has 1 saturated heterocycles. The summed E-state index contributed by atoms with van der Waals surface area (Å²) in [5, 5.41) is 1.90. The molecule has 5 rings (SSSR count). The number of thioether (sulfide) groups is 1. The maximum absolute atomic E-state index is 12.7. The highest BCUT2D eigenvalue weighted by Gasteiger charge is 2.23. The van der Waals surface area contributed by atoms with Crippen LogP contribution in [0.3, 0.4) is 0 Å². The van der Waals surface area contributed by atoms with Crippen molar-refractivity contribution in [3.05, 3.63) is 59.2 Å². The number of anilines is 1. The van der Waals surface area contributed by atoms with Crippen LogP contribution in [0.2, 0.25) is 0 Å². The number of amides is 1. The fourth-order valence-corrected chi connectivity index (χ4v) is 5.45. The number of aromatic nitrogens is 2. The van der Waals surface area contributed by atoms with Gasteiger partial charge in [-0.2, -0.15) is 0 Å². The highest BCUT2D eigenvalue weighted by molar-refractivity contribution is 8.01. The van der Waals surface area contributed by atoms with E-state index in [0.29, 0.717) is 30.2 Å². The van der Waals surface area contributed by atoms with Crippen molar-refractivity contribution in [1.29, 1.82) is 0 Å². The maximum atomic E-state index is 12.7. The lowest BCUT2D eigenvalue weighted by Crippen LogP contribution is -2.49. The average molecular weight is 483 g/mol. The van der Waals surface area contributed by atoms with Gasteiger partial charge in [0.15, 0.2) is 21.6 Å². The summed E-state index contributed by atoms with van der Waals surface area (Å²) >= 11 is 2.85. The first kappa shape index (κ1) is 21.7. The molecule has 10 heteroatoms. The van der Waals surface area contributed by atoms with Crippen molar-refractivity contribution < 1.29 is 19.1 Å². The van der Waals surface area contributed by atoms with Gasteiger partial charge in [-0.15, -0.1) is 11.3 Å². The third kappa shape index (κ3) is 5.12. The van der Waals surface area contributed by atoms with Gasteiger partial charge >= 0.3 is 0 Å². The van der Waals surface area contributed by atoms with E-state index in [4.69, 9.17) is 9.47 Å². The second-order valence-corrected chi connectivity index (χ2v) is 9.70. The molecular formula is C23H22N4O4S2. The quantitative estimate of drug-likeness (QED) is 0.375. The molecule has 0 bridgehead atoms. The third-order valence-electron chi connectivity index (χ3n) is 5.49. The normalized spacial score (nSPS) is 15.0. The Morgan fingerprint density at radius 3 is 2.73 bits per heavy atom. The lowest BCUT2D eigenvalue weighted by molar-refractivity contribution is -0.130. The third-order valence-corrected chi connectivity index (χ3v) is 7.56. The summed E-state index contributed by atoms with van der Waals surface area (Å²) in [7, 11) is 0. The Morgan fingerprint density at radius 2 is 1.91 bits per heavy atom. The van der Waals surface area contributed by atoms with E-state index >= 15 is 0 Å². The van der Waals surface area contributed by atoms with Gasteiger partial charge in [-0.25, -0.2) is 9.97 Å². The molecule has 0 N–H and O–H groups in total. The Labute approximate surface area is 199 Å². The number of hydrogen-bond acceptors (Lipinski definition) is 9. The molecule has 8 nitrogen and oxygen atoms in total. The number of rotatable bonds is 7. The van der Waals surface area contributed by atoms with Gasteiger partial charge in [-0.1, -0.05) is 17.8 Å². The Balaban J connectivity index is 1.10. The number of pyridine rings is 1. The topological polar surface area (TPSA) is 84.9 Å². The fourth-order valence-electron chi connectivity index (χ4n) is 3.71. The molecule has 2 aliphatic rings. The number of nitrogens with zero attached hydrogens (tertiary/aromatic N) is 4. The molecule has 0 radical (unpaired) electrons. The van der Waals surface area contributed by atoms with E-state index in [2.05, 4.69) is 14.9 Å². The van der Waals surface area contributed by atoms with Crippen LogP contribution in [0.25, 0.3) is 0 Å². The number of piperazine rings is 1. The summed E-state index contributed by atoms with van der Waals surface area (Å²) in [6, 6.07) is 11.1. The zero-order valence-corrected chi connectivity index (χ0v) is 19.4. The van der Waals surface area contributed by atoms with E-state index in [1.165, 1.54) is 23.1 Å². The van der Waals surface area contributed by atoms with E-state index in [-0.39, 0.29) is 30.7 Å². The minimum Gasteiger partial charge on any atom is -0.454 e. The number of benzene rings is 1. The molecule has 3 aromatic rings. The van der Waals surface area contributed by atoms with E-state index in [1.54, 1.807) is 24.4 Å². The van der Waals surface area contributed by atoms with E-state index in [0.717, 1.165) is 28.9 Å². The highest BCUT2D eigenvalue weighted by atomic mass is 32.2. The number of carbonyl (C=O) groups is 2. The molecule has 2 aromatic heterocycles. The van der Waals surface area contributed by atoms with E-state index in [1.807, 2.05) is 28.5 Å². The molecule has 2 aliphatic heterocycles. The van der Waals surface area contributed by atoms with Crippen LogP contribution in [0.4, 0.5) is 5.82 Å². The van der Waals surface area contributed by atoms with Crippen LogP contribution in [0.15, 0.2) is 52.3 Å². The van der Waals surface area contributed by atoms with Crippen molar-refractivity contribution in [1.82, 2.24) is 14.9 Å². The van der Waals surface area contributed by atoms with Gasteiger partial charge < -0.3 is 19.3 Å². The standard InChI is InChI=1S/C23H22N4O4S2/c28-18(16-4-5-19-20(11-16)31-15-30-19)14-33-23-25-17(13-32-23)12-22(29)27-9-7-26(8-10-27)21-3-1-2-6-24-21/h1-6,11,13H,7-10,12,14-15H2. The Kier molecular flexibility index (Phi) is 6.45. The Bertz CT molecular complexity index is 1150. The summed E-state index contributed by atoms with van der Waals surface area (Å²) < 4.78 is 11.4. The van der Waals surface area contributed by atoms with Gasteiger partial charge in [-0.05, 0) is 30.3 Å². The van der Waals surface area contributed by atoms with Gasteiger partial charge in [0.05, 0.1) is 17.9 Å². The van der Waals surface area contributed by atoms with Crippen molar-refractivity contribution in [2.75, 3.05) is 43.6 Å². The number of ether oxygens (including phenoxy) is 2. The number of hydrogen-bond donors (Lipinski definition) is 0. The smallest absolute Gasteiger partial charge is 0.231 e. The molecule has 0 atom stereocenters. The zero-order valence-electron chi connectivity index (χ0n) is 17.8. The number of Topliss-reactive ketones (excluding diaryl/α,β-unsaturated/α-hetero) is 1. The van der Waals surface area contributed by atoms with Crippen LogP contribution >= 0.6 is 23.1 Å². The Hall–Kier alpha value is -3.11. The zero-order chi connectivity index (χ0) is 22.6. The minimum absolute atomic E-state index is 0.00287. The molecule has 0 aliphatic carbocycles. The number of fused-ring (bicyclic) bond motifs is 1. The highest BCUT2D eigenvalue weighted by Crippen LogP contribution is 2.33. The average Bonchev–Trinajstić information content (AvgIpc) is 3.52. The SMILES string of the molecule is O=C(CSc1nc(CC(=O)N2CCN(c3ccccn3)CC2)cs1)c1ccc2c(c1)OCO2. The molecule has 0 unspecified atom stereocenters. The van der Waals surface area contributed by atoms with Crippen molar-refractivity contribution in [3.8, 4) is 11.5 Å². The van der Waals surface area contributed by atoms with Crippen LogP contribution in [0, 0.1) is 0 Å². The lowest BCUT2D eigenvalue weighted by atomic mass is 10.1. The molecule has 33 heavy (non-hydrogen) atoms. The van der Waals surface area contributed by atoms with Gasteiger partial charge in [0.1, 0.15) is 5.82 Å². The van der Waals surface area contributed by atoms with Crippen molar-refractivity contribution >= 4 is 40.6 Å². The fraction of sp³-hybridized carbons (Fsp3) is 0.304. The van der Waals surface area contributed by atoms with Crippen LogP contribution < -0.4 is 14.4 Å². The maximum Gasteiger partial charge on any atom is 0.231 e. The summed E-state index contributed by atoms with van der Waals surface area (Å²) in [6.45, 7) is 3.06. The van der Waals surface area contributed by atoms with Crippen molar-refractivity contribution in [2.45, 2.75) is 10.8 Å².